The summed E-state index contributed by atoms with van der Waals surface area (Å²) >= 11 is 0. The number of ketones is 1. The Morgan fingerprint density at radius 1 is 1.15 bits per heavy atom. The largest absolute Gasteiger partial charge is 0.455 e. The van der Waals surface area contributed by atoms with Gasteiger partial charge in [0.1, 0.15) is 29.5 Å². The number of carbonyl (C=O) groups is 3. The fraction of sp³-hybridized carbons (Fsp3) is 0.700. The molecule has 0 amide bonds. The van der Waals surface area contributed by atoms with Gasteiger partial charge in [0.2, 0.25) is 0 Å². The lowest BCUT2D eigenvalue weighted by Gasteiger charge is -2.65. The van der Waals surface area contributed by atoms with Crippen LogP contribution in [0, 0.1) is 28.6 Å². The lowest BCUT2D eigenvalue weighted by molar-refractivity contribution is -0.273. The molecule has 2 saturated carbocycles. The first kappa shape index (κ1) is 28.2. The Morgan fingerprint density at radius 3 is 2.46 bits per heavy atom. The molecule has 0 saturated heterocycles. The third-order valence-electron chi connectivity index (χ3n) is 11.3. The van der Waals surface area contributed by atoms with Gasteiger partial charge in [-0.05, 0) is 76.0 Å². The Bertz CT molecular complexity index is 1220. The molecule has 5 rings (SSSR count). The molecule has 4 N–H and O–H groups in total. The molecule has 2 fully saturated rings. The summed E-state index contributed by atoms with van der Waals surface area (Å²) in [7, 11) is 0. The van der Waals surface area contributed by atoms with E-state index < -0.39 is 76.1 Å². The number of esters is 2. The molecule has 214 valence electrons. The molecule has 5 aliphatic rings. The number of fused-ring (bicyclic) bond motifs is 5. The third-order valence-corrected chi connectivity index (χ3v) is 11.3. The minimum atomic E-state index is -1.72. The van der Waals surface area contributed by atoms with Crippen LogP contribution in [-0.2, 0) is 23.9 Å². The molecule has 0 aromatic carbocycles. The summed E-state index contributed by atoms with van der Waals surface area (Å²) in [5.41, 5.74) is -4.17. The second kappa shape index (κ2) is 8.83. The molecular formula is C30H40O9. The van der Waals surface area contributed by atoms with E-state index in [1.54, 1.807) is 32.9 Å². The number of allylic oxidation sites excluding steroid dienone is 1. The SMILES string of the molecule is CC(=O)OC1C=C(C(C)C2OC(=O)C(C)=C(C)C2O)C2(C)CCC3C(CC(O)C4(O)CC=CC(=O)C34C)C12O. The average Bonchev–Trinajstić information content (AvgIpc) is 3.09. The highest BCUT2D eigenvalue weighted by molar-refractivity contribution is 5.97. The van der Waals surface area contributed by atoms with Crippen LogP contribution in [0.1, 0.15) is 67.2 Å². The maximum Gasteiger partial charge on any atom is 0.334 e. The van der Waals surface area contributed by atoms with Crippen molar-refractivity contribution in [1.82, 2.24) is 0 Å². The van der Waals surface area contributed by atoms with Crippen molar-refractivity contribution in [2.24, 2.45) is 28.6 Å². The van der Waals surface area contributed by atoms with Crippen LogP contribution in [-0.4, -0.2) is 73.8 Å². The Balaban J connectivity index is 1.60. The van der Waals surface area contributed by atoms with Gasteiger partial charge in [0, 0.05) is 23.8 Å². The molecule has 0 spiro atoms. The summed E-state index contributed by atoms with van der Waals surface area (Å²) < 4.78 is 11.4. The quantitative estimate of drug-likeness (QED) is 0.309. The molecule has 11 unspecified atom stereocenters. The van der Waals surface area contributed by atoms with Gasteiger partial charge in [0.15, 0.2) is 5.78 Å². The third kappa shape index (κ3) is 3.42. The van der Waals surface area contributed by atoms with E-state index in [9.17, 15) is 34.8 Å². The predicted octanol–water partition coefficient (Wildman–Crippen LogP) is 1.91. The molecule has 0 radical (unpaired) electrons. The zero-order chi connectivity index (χ0) is 28.9. The zero-order valence-electron chi connectivity index (χ0n) is 23.4. The summed E-state index contributed by atoms with van der Waals surface area (Å²) in [5, 5.41) is 46.8. The van der Waals surface area contributed by atoms with E-state index in [1.807, 2.05) is 13.8 Å². The molecule has 0 aromatic heterocycles. The van der Waals surface area contributed by atoms with E-state index >= 15 is 0 Å². The van der Waals surface area contributed by atoms with E-state index in [0.717, 1.165) is 0 Å². The predicted molar refractivity (Wildman–Crippen MR) is 139 cm³/mol. The molecule has 9 nitrogen and oxygen atoms in total. The fourth-order valence-electron chi connectivity index (χ4n) is 8.75. The Kier molecular flexibility index (Phi) is 6.39. The van der Waals surface area contributed by atoms with Crippen molar-refractivity contribution in [3.8, 4) is 0 Å². The summed E-state index contributed by atoms with van der Waals surface area (Å²) in [6.45, 7) is 9.91. The second-order valence-corrected chi connectivity index (χ2v) is 12.8. The first-order valence-electron chi connectivity index (χ1n) is 13.8. The van der Waals surface area contributed by atoms with Gasteiger partial charge in [-0.1, -0.05) is 25.5 Å². The lowest BCUT2D eigenvalue weighted by atomic mass is 9.41. The maximum absolute atomic E-state index is 13.4. The van der Waals surface area contributed by atoms with E-state index in [4.69, 9.17) is 9.47 Å². The van der Waals surface area contributed by atoms with Crippen molar-refractivity contribution in [2.75, 3.05) is 0 Å². The van der Waals surface area contributed by atoms with Crippen LogP contribution in [0.15, 0.2) is 34.9 Å². The van der Waals surface area contributed by atoms with Gasteiger partial charge in [-0.25, -0.2) is 4.79 Å². The van der Waals surface area contributed by atoms with Crippen LogP contribution in [0.4, 0.5) is 0 Å². The Hall–Kier alpha value is -2.33. The van der Waals surface area contributed by atoms with Gasteiger partial charge in [0.25, 0.3) is 0 Å². The van der Waals surface area contributed by atoms with Crippen molar-refractivity contribution >= 4 is 17.7 Å². The Labute approximate surface area is 228 Å². The number of aliphatic hydroxyl groups excluding tert-OH is 2. The summed E-state index contributed by atoms with van der Waals surface area (Å²) in [4.78, 5) is 38.2. The van der Waals surface area contributed by atoms with Crippen LogP contribution in [0.3, 0.4) is 0 Å². The number of aliphatic hydroxyl groups is 4. The number of cyclic esters (lactones) is 1. The van der Waals surface area contributed by atoms with Crippen LogP contribution >= 0.6 is 0 Å². The number of rotatable bonds is 3. The van der Waals surface area contributed by atoms with Crippen molar-refractivity contribution in [2.45, 2.75) is 103 Å². The molecule has 11 atom stereocenters. The highest BCUT2D eigenvalue weighted by Crippen LogP contribution is 2.69. The topological polar surface area (TPSA) is 151 Å². The van der Waals surface area contributed by atoms with Crippen LogP contribution in [0.5, 0.6) is 0 Å². The fourth-order valence-corrected chi connectivity index (χ4v) is 8.75. The highest BCUT2D eigenvalue weighted by Gasteiger charge is 2.75. The molecule has 0 aromatic rings. The Morgan fingerprint density at radius 2 is 1.82 bits per heavy atom. The molecule has 9 heteroatoms. The van der Waals surface area contributed by atoms with Crippen molar-refractivity contribution in [1.29, 1.82) is 0 Å². The number of carbonyl (C=O) groups excluding carboxylic acids is 3. The number of hydrogen-bond donors (Lipinski definition) is 4. The maximum atomic E-state index is 13.4. The lowest BCUT2D eigenvalue weighted by Crippen LogP contribution is -2.74. The molecule has 1 heterocycles. The van der Waals surface area contributed by atoms with E-state index in [0.29, 0.717) is 29.6 Å². The van der Waals surface area contributed by atoms with Crippen molar-refractivity contribution in [3.05, 3.63) is 34.9 Å². The van der Waals surface area contributed by atoms with E-state index in [2.05, 4.69) is 0 Å². The number of hydrogen-bond acceptors (Lipinski definition) is 9. The van der Waals surface area contributed by atoms with Crippen molar-refractivity contribution in [3.63, 3.8) is 0 Å². The first-order chi connectivity index (χ1) is 18.1. The summed E-state index contributed by atoms with van der Waals surface area (Å²) in [5.74, 6) is -3.14. The van der Waals surface area contributed by atoms with Gasteiger partial charge >= 0.3 is 11.9 Å². The van der Waals surface area contributed by atoms with Crippen LogP contribution < -0.4 is 0 Å². The van der Waals surface area contributed by atoms with E-state index in [1.165, 1.54) is 13.0 Å². The minimum absolute atomic E-state index is 0.0132. The molecular weight excluding hydrogens is 504 g/mol. The van der Waals surface area contributed by atoms with Gasteiger partial charge in [0.05, 0.1) is 11.5 Å². The van der Waals surface area contributed by atoms with Gasteiger partial charge in [-0.2, -0.15) is 0 Å². The second-order valence-electron chi connectivity index (χ2n) is 12.8. The smallest absolute Gasteiger partial charge is 0.334 e. The van der Waals surface area contributed by atoms with Crippen molar-refractivity contribution < 1.29 is 44.3 Å². The summed E-state index contributed by atoms with van der Waals surface area (Å²) in [6, 6.07) is 0. The minimum Gasteiger partial charge on any atom is -0.455 e. The van der Waals surface area contributed by atoms with Gasteiger partial charge in [-0.3, -0.25) is 9.59 Å². The van der Waals surface area contributed by atoms with Gasteiger partial charge in [-0.15, -0.1) is 0 Å². The van der Waals surface area contributed by atoms with Gasteiger partial charge < -0.3 is 29.9 Å². The van der Waals surface area contributed by atoms with Crippen LogP contribution in [0.2, 0.25) is 0 Å². The summed E-state index contributed by atoms with van der Waals surface area (Å²) in [6.07, 6.45) is 1.39. The molecule has 39 heavy (non-hydrogen) atoms. The standard InChI is InChI=1S/C30H40O9/c1-14-15(2)26(35)39-25(24(14)34)16(3)19-13-23(38-17(4)31)30(37)20-12-22(33)29(36)10-7-8-21(32)28(29,6)18(20)9-11-27(19,30)5/h7-8,13,16,18,20,22-25,33-34,36-37H,9-12H2,1-6H3. The normalized spacial score (nSPS) is 48.0. The van der Waals surface area contributed by atoms with Crippen LogP contribution in [0.25, 0.3) is 0 Å². The monoisotopic (exact) mass is 544 g/mol. The average molecular weight is 545 g/mol. The molecule has 1 aliphatic heterocycles. The first-order valence-corrected chi connectivity index (χ1v) is 13.8. The number of ether oxygens (including phenoxy) is 2. The molecule has 0 bridgehead atoms. The highest BCUT2D eigenvalue weighted by atomic mass is 16.6. The molecule has 4 aliphatic carbocycles. The van der Waals surface area contributed by atoms with E-state index in [-0.39, 0.29) is 18.6 Å². The zero-order valence-corrected chi connectivity index (χ0v) is 23.4.